The molecule has 1 aromatic rings. The van der Waals surface area contributed by atoms with E-state index in [0.717, 1.165) is 48.5 Å². The molecule has 19 heavy (non-hydrogen) atoms. The van der Waals surface area contributed by atoms with E-state index in [4.69, 9.17) is 11.6 Å². The molecule has 0 aliphatic heterocycles. The summed E-state index contributed by atoms with van der Waals surface area (Å²) in [6.07, 6.45) is 3.99. The van der Waals surface area contributed by atoms with Crippen molar-refractivity contribution in [2.75, 3.05) is 6.54 Å². The molecule has 1 aromatic carbocycles. The van der Waals surface area contributed by atoms with E-state index in [1.54, 1.807) is 0 Å². The zero-order valence-electron chi connectivity index (χ0n) is 12.1. The largest absolute Gasteiger partial charge is 0.389 e. The van der Waals surface area contributed by atoms with Crippen LogP contribution in [0.4, 0.5) is 0 Å². The van der Waals surface area contributed by atoms with Crippen molar-refractivity contribution >= 4 is 17.2 Å². The highest BCUT2D eigenvalue weighted by Crippen LogP contribution is 2.25. The molecule has 0 spiro atoms. The fourth-order valence-electron chi connectivity index (χ4n) is 1.96. The van der Waals surface area contributed by atoms with Gasteiger partial charge in [0.2, 0.25) is 0 Å². The van der Waals surface area contributed by atoms with Gasteiger partial charge < -0.3 is 5.32 Å². The molecule has 0 saturated carbocycles. The maximum absolute atomic E-state index is 6.08. The molecule has 0 heterocycles. The number of aryl methyl sites for hydroxylation is 1. The van der Waals surface area contributed by atoms with E-state index in [9.17, 15) is 0 Å². The van der Waals surface area contributed by atoms with Crippen molar-refractivity contribution in [2.24, 2.45) is 0 Å². The quantitative estimate of drug-likeness (QED) is 0.688. The lowest BCUT2D eigenvalue weighted by Gasteiger charge is -2.13. The zero-order chi connectivity index (χ0) is 14.3. The molecule has 0 fully saturated rings. The predicted octanol–water partition coefficient (Wildman–Crippen LogP) is 5.21. The first-order valence-corrected chi connectivity index (χ1v) is 7.34. The van der Waals surface area contributed by atoms with Crippen molar-refractivity contribution < 1.29 is 0 Å². The molecule has 0 atom stereocenters. The molecule has 1 N–H and O–H groups in total. The Morgan fingerprint density at radius 1 is 1.26 bits per heavy atom. The minimum Gasteiger partial charge on any atom is -0.389 e. The minimum absolute atomic E-state index is 0.774. The van der Waals surface area contributed by atoms with Crippen LogP contribution in [0.25, 0.3) is 5.57 Å². The lowest BCUT2D eigenvalue weighted by Crippen LogP contribution is -2.13. The molecule has 104 valence electrons. The molecule has 0 unspecified atom stereocenters. The molecule has 0 bridgehead atoms. The summed E-state index contributed by atoms with van der Waals surface area (Å²) in [5.74, 6) is 0. The van der Waals surface area contributed by atoms with Crippen molar-refractivity contribution in [2.45, 2.75) is 39.5 Å². The van der Waals surface area contributed by atoms with Crippen LogP contribution in [0.15, 0.2) is 37.1 Å². The van der Waals surface area contributed by atoms with Crippen LogP contribution in [0.3, 0.4) is 0 Å². The number of rotatable bonds is 8. The van der Waals surface area contributed by atoms with Crippen LogP contribution in [0, 0.1) is 0 Å². The summed E-state index contributed by atoms with van der Waals surface area (Å²) >= 11 is 6.08. The van der Waals surface area contributed by atoms with Crippen molar-refractivity contribution in [3.8, 4) is 0 Å². The van der Waals surface area contributed by atoms with Crippen LogP contribution in [0.1, 0.15) is 44.2 Å². The first-order chi connectivity index (χ1) is 9.08. The third-order valence-corrected chi connectivity index (χ3v) is 3.44. The van der Waals surface area contributed by atoms with Crippen molar-refractivity contribution in [1.29, 1.82) is 0 Å². The molecule has 0 radical (unpaired) electrons. The molecule has 1 nitrogen and oxygen atoms in total. The fourth-order valence-corrected chi connectivity index (χ4v) is 2.13. The topological polar surface area (TPSA) is 12.0 Å². The SMILES string of the molecule is C=C(CCc1ccc(Cl)cc1C(=C)CC)NCCC. The van der Waals surface area contributed by atoms with E-state index in [-0.39, 0.29) is 0 Å². The normalized spacial score (nSPS) is 10.3. The summed E-state index contributed by atoms with van der Waals surface area (Å²) in [6, 6.07) is 6.07. The Labute approximate surface area is 122 Å². The van der Waals surface area contributed by atoms with Gasteiger partial charge in [0.25, 0.3) is 0 Å². The van der Waals surface area contributed by atoms with E-state index in [0.29, 0.717) is 0 Å². The Hall–Kier alpha value is -1.21. The van der Waals surface area contributed by atoms with Crippen LogP contribution in [-0.2, 0) is 6.42 Å². The second-order valence-electron chi connectivity index (χ2n) is 4.79. The lowest BCUT2D eigenvalue weighted by atomic mass is 9.96. The van der Waals surface area contributed by atoms with E-state index >= 15 is 0 Å². The molecule has 2 heteroatoms. The summed E-state index contributed by atoms with van der Waals surface area (Å²) in [5.41, 5.74) is 4.74. The Balaban J connectivity index is 2.72. The summed E-state index contributed by atoms with van der Waals surface area (Å²) in [7, 11) is 0. The predicted molar refractivity (Wildman–Crippen MR) is 86.5 cm³/mol. The molecule has 1 rings (SSSR count). The minimum atomic E-state index is 0.774. The van der Waals surface area contributed by atoms with E-state index in [1.165, 1.54) is 11.1 Å². The Morgan fingerprint density at radius 2 is 2.00 bits per heavy atom. The van der Waals surface area contributed by atoms with Gasteiger partial charge in [0.15, 0.2) is 0 Å². The molecule has 0 amide bonds. The molecule has 0 aliphatic carbocycles. The van der Waals surface area contributed by atoms with E-state index < -0.39 is 0 Å². The van der Waals surface area contributed by atoms with Gasteiger partial charge in [0.1, 0.15) is 0 Å². The standard InChI is InChI=1S/C17H24ClN/c1-5-11-19-14(4)7-8-15-9-10-16(18)12-17(15)13(3)6-2/h9-10,12,19H,3-8,11H2,1-2H3. The second-order valence-corrected chi connectivity index (χ2v) is 5.23. The maximum Gasteiger partial charge on any atom is 0.0412 e. The van der Waals surface area contributed by atoms with Gasteiger partial charge >= 0.3 is 0 Å². The van der Waals surface area contributed by atoms with Crippen LogP contribution in [0.5, 0.6) is 0 Å². The average Bonchev–Trinajstić information content (AvgIpc) is 2.42. The van der Waals surface area contributed by atoms with Gasteiger partial charge in [0, 0.05) is 17.3 Å². The number of hydrogen-bond acceptors (Lipinski definition) is 1. The van der Waals surface area contributed by atoms with Crippen molar-refractivity contribution in [1.82, 2.24) is 5.32 Å². The molecular formula is C17H24ClN. The van der Waals surface area contributed by atoms with Gasteiger partial charge in [-0.2, -0.15) is 0 Å². The third-order valence-electron chi connectivity index (χ3n) is 3.20. The summed E-state index contributed by atoms with van der Waals surface area (Å²) in [6.45, 7) is 13.5. The fraction of sp³-hybridized carbons (Fsp3) is 0.412. The number of allylic oxidation sites excluding steroid dienone is 2. The van der Waals surface area contributed by atoms with Gasteiger partial charge in [-0.15, -0.1) is 0 Å². The molecule has 0 saturated heterocycles. The Bertz CT molecular complexity index is 449. The highest BCUT2D eigenvalue weighted by atomic mass is 35.5. The smallest absolute Gasteiger partial charge is 0.0412 e. The first-order valence-electron chi connectivity index (χ1n) is 6.96. The Morgan fingerprint density at radius 3 is 2.63 bits per heavy atom. The lowest BCUT2D eigenvalue weighted by molar-refractivity contribution is 0.726. The number of halogens is 1. The molecular weight excluding hydrogens is 254 g/mol. The summed E-state index contributed by atoms with van der Waals surface area (Å²) < 4.78 is 0. The highest BCUT2D eigenvalue weighted by Gasteiger charge is 2.06. The van der Waals surface area contributed by atoms with Crippen LogP contribution in [0.2, 0.25) is 5.02 Å². The highest BCUT2D eigenvalue weighted by molar-refractivity contribution is 6.30. The zero-order valence-corrected chi connectivity index (χ0v) is 12.8. The van der Waals surface area contributed by atoms with Crippen LogP contribution >= 0.6 is 11.6 Å². The maximum atomic E-state index is 6.08. The monoisotopic (exact) mass is 277 g/mol. The molecule has 0 aromatic heterocycles. The van der Waals surface area contributed by atoms with Crippen molar-refractivity contribution in [3.63, 3.8) is 0 Å². The van der Waals surface area contributed by atoms with Gasteiger partial charge in [-0.05, 0) is 54.5 Å². The summed E-state index contributed by atoms with van der Waals surface area (Å²) in [4.78, 5) is 0. The van der Waals surface area contributed by atoms with Gasteiger partial charge in [-0.1, -0.05) is 44.7 Å². The second kappa shape index (κ2) is 8.06. The van der Waals surface area contributed by atoms with E-state index in [1.807, 2.05) is 12.1 Å². The summed E-state index contributed by atoms with van der Waals surface area (Å²) in [5, 5.41) is 4.11. The number of benzene rings is 1. The van der Waals surface area contributed by atoms with Gasteiger partial charge in [0.05, 0.1) is 0 Å². The van der Waals surface area contributed by atoms with Crippen molar-refractivity contribution in [3.05, 3.63) is 53.2 Å². The van der Waals surface area contributed by atoms with Crippen LogP contribution in [-0.4, -0.2) is 6.54 Å². The molecule has 0 aliphatic rings. The first kappa shape index (κ1) is 15.8. The third kappa shape index (κ3) is 5.12. The number of hydrogen-bond donors (Lipinski definition) is 1. The van der Waals surface area contributed by atoms with Crippen LogP contribution < -0.4 is 5.32 Å². The average molecular weight is 278 g/mol. The van der Waals surface area contributed by atoms with Gasteiger partial charge in [-0.3, -0.25) is 0 Å². The number of nitrogens with one attached hydrogen (secondary N) is 1. The van der Waals surface area contributed by atoms with Gasteiger partial charge in [-0.25, -0.2) is 0 Å². The Kier molecular flexibility index (Phi) is 6.72. The van der Waals surface area contributed by atoms with E-state index in [2.05, 4.69) is 38.4 Å².